The number of hydrogen-bond acceptors (Lipinski definition) is 2. The zero-order valence-electron chi connectivity index (χ0n) is 10.6. The highest BCUT2D eigenvalue weighted by atomic mass is 16.5. The van der Waals surface area contributed by atoms with Crippen LogP contribution in [0.2, 0.25) is 0 Å². The third-order valence-electron chi connectivity index (χ3n) is 4.43. The summed E-state index contributed by atoms with van der Waals surface area (Å²) in [5.41, 5.74) is 0.709. The van der Waals surface area contributed by atoms with E-state index in [-0.39, 0.29) is 5.60 Å². The standard InChI is InChI=1S/C13H24BNO/c1-12(6-8-15-11-14)7-9-16-13(10-12)4-2-3-5-13/h15H,2-11H2,1H3/t12-/m0/s1. The van der Waals surface area contributed by atoms with Gasteiger partial charge in [-0.1, -0.05) is 19.8 Å². The molecule has 1 aliphatic heterocycles. The Morgan fingerprint density at radius 2 is 2.00 bits per heavy atom. The number of rotatable bonds is 4. The Morgan fingerprint density at radius 1 is 1.25 bits per heavy atom. The molecule has 16 heavy (non-hydrogen) atoms. The lowest BCUT2D eigenvalue weighted by Gasteiger charge is -2.45. The molecular formula is C13H24BNO. The average Bonchev–Trinajstić information content (AvgIpc) is 2.66. The molecule has 0 unspecified atom stereocenters. The second-order valence-electron chi connectivity index (χ2n) is 5.93. The quantitative estimate of drug-likeness (QED) is 0.580. The first kappa shape index (κ1) is 12.4. The van der Waals surface area contributed by atoms with Gasteiger partial charge in [0.15, 0.2) is 0 Å². The van der Waals surface area contributed by atoms with E-state index in [9.17, 15) is 0 Å². The Morgan fingerprint density at radius 3 is 2.69 bits per heavy atom. The van der Waals surface area contributed by atoms with Crippen molar-refractivity contribution in [1.29, 1.82) is 0 Å². The predicted molar refractivity (Wildman–Crippen MR) is 67.7 cm³/mol. The minimum absolute atomic E-state index is 0.246. The Balaban J connectivity index is 1.89. The van der Waals surface area contributed by atoms with Gasteiger partial charge in [0.05, 0.1) is 13.4 Å². The molecule has 2 radical (unpaired) electrons. The molecule has 1 aliphatic carbocycles. The molecule has 1 heterocycles. The third-order valence-corrected chi connectivity index (χ3v) is 4.43. The van der Waals surface area contributed by atoms with Crippen LogP contribution in [-0.2, 0) is 4.74 Å². The van der Waals surface area contributed by atoms with Gasteiger partial charge in [0.1, 0.15) is 0 Å². The minimum Gasteiger partial charge on any atom is -0.375 e. The molecule has 1 saturated carbocycles. The van der Waals surface area contributed by atoms with Crippen LogP contribution < -0.4 is 5.32 Å². The van der Waals surface area contributed by atoms with E-state index in [1.165, 1.54) is 44.9 Å². The fourth-order valence-corrected chi connectivity index (χ4v) is 3.48. The van der Waals surface area contributed by atoms with Crippen LogP contribution >= 0.6 is 0 Å². The van der Waals surface area contributed by atoms with Gasteiger partial charge in [0.25, 0.3) is 0 Å². The van der Waals surface area contributed by atoms with Crippen molar-refractivity contribution in [2.75, 3.05) is 19.6 Å². The molecule has 2 rings (SSSR count). The molecule has 0 aromatic heterocycles. The molecule has 0 aromatic carbocycles. The van der Waals surface area contributed by atoms with Crippen LogP contribution in [0.1, 0.15) is 51.9 Å². The zero-order valence-corrected chi connectivity index (χ0v) is 10.6. The average molecular weight is 221 g/mol. The molecule has 0 aromatic rings. The van der Waals surface area contributed by atoms with Crippen molar-refractivity contribution in [3.8, 4) is 0 Å². The SMILES string of the molecule is [B]CNCC[C@@]1(C)CCOC2(CCCC2)C1. The van der Waals surface area contributed by atoms with Crippen molar-refractivity contribution in [3.63, 3.8) is 0 Å². The Labute approximate surface area is 101 Å². The van der Waals surface area contributed by atoms with E-state index in [1.807, 2.05) is 0 Å². The van der Waals surface area contributed by atoms with Crippen molar-refractivity contribution in [3.05, 3.63) is 0 Å². The van der Waals surface area contributed by atoms with Crippen LogP contribution in [0.25, 0.3) is 0 Å². The number of ether oxygens (including phenoxy) is 1. The summed E-state index contributed by atoms with van der Waals surface area (Å²) in [4.78, 5) is 0. The van der Waals surface area contributed by atoms with E-state index in [0.29, 0.717) is 11.9 Å². The summed E-state index contributed by atoms with van der Waals surface area (Å²) in [6, 6.07) is 0. The molecule has 2 fully saturated rings. The zero-order chi connectivity index (χ0) is 11.5. The maximum Gasteiger partial charge on any atom is 0.0859 e. The highest BCUT2D eigenvalue weighted by Crippen LogP contribution is 2.48. The minimum atomic E-state index is 0.246. The number of nitrogens with one attached hydrogen (secondary N) is 1. The molecule has 2 aliphatic rings. The summed E-state index contributed by atoms with van der Waals surface area (Å²) in [5, 5.41) is 3.24. The van der Waals surface area contributed by atoms with Gasteiger partial charge in [-0.15, -0.1) is 0 Å². The highest BCUT2D eigenvalue weighted by Gasteiger charge is 2.44. The van der Waals surface area contributed by atoms with E-state index in [0.717, 1.165) is 13.2 Å². The lowest BCUT2D eigenvalue weighted by Crippen LogP contribution is -2.43. The van der Waals surface area contributed by atoms with Gasteiger partial charge in [-0.05, 0) is 50.5 Å². The van der Waals surface area contributed by atoms with Crippen LogP contribution in [0.4, 0.5) is 0 Å². The summed E-state index contributed by atoms with van der Waals surface area (Å²) in [6.45, 7) is 4.43. The van der Waals surface area contributed by atoms with Gasteiger partial charge in [-0.3, -0.25) is 0 Å². The van der Waals surface area contributed by atoms with Gasteiger partial charge in [-0.25, -0.2) is 0 Å². The van der Waals surface area contributed by atoms with Crippen molar-refractivity contribution in [1.82, 2.24) is 5.32 Å². The second kappa shape index (κ2) is 5.09. The van der Waals surface area contributed by atoms with Crippen molar-refractivity contribution in [2.45, 2.75) is 57.5 Å². The maximum absolute atomic E-state index is 6.08. The van der Waals surface area contributed by atoms with E-state index < -0.39 is 0 Å². The van der Waals surface area contributed by atoms with Gasteiger partial charge >= 0.3 is 0 Å². The molecule has 1 saturated heterocycles. The topological polar surface area (TPSA) is 21.3 Å². The normalized spacial score (nSPS) is 33.3. The van der Waals surface area contributed by atoms with Gasteiger partial charge in [0.2, 0.25) is 0 Å². The lowest BCUT2D eigenvalue weighted by molar-refractivity contribution is -0.119. The summed E-state index contributed by atoms with van der Waals surface area (Å²) in [7, 11) is 5.47. The largest absolute Gasteiger partial charge is 0.375 e. The Bertz CT molecular complexity index is 228. The van der Waals surface area contributed by atoms with Gasteiger partial charge in [-0.2, -0.15) is 0 Å². The summed E-state index contributed by atoms with van der Waals surface area (Å²) in [5.74, 6) is 0. The fourth-order valence-electron chi connectivity index (χ4n) is 3.48. The molecule has 0 bridgehead atoms. The second-order valence-corrected chi connectivity index (χ2v) is 5.93. The van der Waals surface area contributed by atoms with Crippen LogP contribution in [0.5, 0.6) is 0 Å². The van der Waals surface area contributed by atoms with E-state index in [2.05, 4.69) is 12.2 Å². The Hall–Kier alpha value is -0.0151. The molecule has 2 nitrogen and oxygen atoms in total. The molecule has 1 atom stereocenters. The van der Waals surface area contributed by atoms with Gasteiger partial charge in [0, 0.05) is 6.61 Å². The van der Waals surface area contributed by atoms with Crippen molar-refractivity contribution < 1.29 is 4.74 Å². The predicted octanol–water partition coefficient (Wildman–Crippen LogP) is 2.22. The van der Waals surface area contributed by atoms with Crippen LogP contribution in [0, 0.1) is 5.41 Å². The molecule has 1 spiro atoms. The monoisotopic (exact) mass is 221 g/mol. The van der Waals surface area contributed by atoms with Crippen LogP contribution in [-0.4, -0.2) is 33.0 Å². The first-order chi connectivity index (χ1) is 7.68. The molecule has 3 heteroatoms. The van der Waals surface area contributed by atoms with Gasteiger partial charge < -0.3 is 10.1 Å². The maximum atomic E-state index is 6.08. The molecule has 0 amide bonds. The Kier molecular flexibility index (Phi) is 3.96. The summed E-state index contributed by atoms with van der Waals surface area (Å²) >= 11 is 0. The van der Waals surface area contributed by atoms with Crippen molar-refractivity contribution >= 4 is 7.85 Å². The van der Waals surface area contributed by atoms with Crippen LogP contribution in [0.3, 0.4) is 0 Å². The van der Waals surface area contributed by atoms with E-state index in [4.69, 9.17) is 12.6 Å². The lowest BCUT2D eigenvalue weighted by atomic mass is 9.71. The summed E-state index contributed by atoms with van der Waals surface area (Å²) in [6.07, 6.45) is 9.58. The number of hydrogen-bond donors (Lipinski definition) is 1. The molecule has 1 N–H and O–H groups in total. The van der Waals surface area contributed by atoms with Crippen molar-refractivity contribution in [2.24, 2.45) is 5.41 Å². The highest BCUT2D eigenvalue weighted by molar-refractivity contribution is 6.08. The fraction of sp³-hybridized carbons (Fsp3) is 1.00. The smallest absolute Gasteiger partial charge is 0.0859 e. The summed E-state index contributed by atoms with van der Waals surface area (Å²) < 4.78 is 6.08. The first-order valence-corrected chi connectivity index (χ1v) is 6.73. The first-order valence-electron chi connectivity index (χ1n) is 6.73. The molecular weight excluding hydrogens is 197 g/mol. The van der Waals surface area contributed by atoms with E-state index in [1.54, 1.807) is 0 Å². The molecule has 90 valence electrons. The van der Waals surface area contributed by atoms with Crippen LogP contribution in [0.15, 0.2) is 0 Å². The van der Waals surface area contributed by atoms with E-state index >= 15 is 0 Å². The third kappa shape index (κ3) is 2.81.